The van der Waals surface area contributed by atoms with Gasteiger partial charge in [0, 0.05) is 31.1 Å². The molecule has 1 aromatic heterocycles. The van der Waals surface area contributed by atoms with Gasteiger partial charge in [-0.25, -0.2) is 0 Å². The summed E-state index contributed by atoms with van der Waals surface area (Å²) in [5, 5.41) is 13.7. The van der Waals surface area contributed by atoms with Crippen LogP contribution in [0.25, 0.3) is 0 Å². The first kappa shape index (κ1) is 20.6. The summed E-state index contributed by atoms with van der Waals surface area (Å²) in [6, 6.07) is 12.8. The first-order chi connectivity index (χ1) is 13.0. The van der Waals surface area contributed by atoms with Crippen molar-refractivity contribution in [1.82, 2.24) is 0 Å². The summed E-state index contributed by atoms with van der Waals surface area (Å²) in [4.78, 5) is 1.51. The fourth-order valence-electron chi connectivity index (χ4n) is 4.57. The molecule has 1 aliphatic carbocycles. The third-order valence-electron chi connectivity index (χ3n) is 5.95. The van der Waals surface area contributed by atoms with Crippen molar-refractivity contribution < 1.29 is 5.11 Å². The monoisotopic (exact) mass is 386 g/mol. The van der Waals surface area contributed by atoms with Crippen LogP contribution in [0.15, 0.2) is 41.8 Å². The Hall–Kier alpha value is -1.16. The van der Waals surface area contributed by atoms with Crippen LogP contribution in [0, 0.1) is 0 Å². The molecule has 1 aromatic carbocycles. The van der Waals surface area contributed by atoms with Gasteiger partial charge in [-0.05, 0) is 45.1 Å². The Bertz CT molecular complexity index is 696. The van der Waals surface area contributed by atoms with Gasteiger partial charge < -0.3 is 5.11 Å². The van der Waals surface area contributed by atoms with Gasteiger partial charge in [0.2, 0.25) is 0 Å². The number of thiophene rings is 1. The quantitative estimate of drug-likeness (QED) is 0.563. The van der Waals surface area contributed by atoms with E-state index < -0.39 is 5.60 Å². The van der Waals surface area contributed by atoms with Gasteiger partial charge in [0.05, 0.1) is 22.7 Å². The van der Waals surface area contributed by atoms with Crippen LogP contribution < -0.4 is 4.31 Å². The van der Waals surface area contributed by atoms with E-state index >= 15 is 0 Å². The zero-order valence-electron chi connectivity index (χ0n) is 17.3. The van der Waals surface area contributed by atoms with E-state index in [0.29, 0.717) is 12.3 Å². The second kappa shape index (κ2) is 9.36. The van der Waals surface area contributed by atoms with E-state index in [1.807, 2.05) is 13.0 Å². The number of rotatable bonds is 8. The van der Waals surface area contributed by atoms with Crippen molar-refractivity contribution in [1.29, 1.82) is 0 Å². The summed E-state index contributed by atoms with van der Waals surface area (Å²) in [6.07, 6.45) is 8.23. The molecule has 3 heteroatoms. The van der Waals surface area contributed by atoms with Crippen molar-refractivity contribution >= 4 is 10.7 Å². The van der Waals surface area contributed by atoms with Gasteiger partial charge in [0.15, 0.2) is 10.3 Å². The summed E-state index contributed by atoms with van der Waals surface area (Å²) < 4.78 is 2.56. The number of aliphatic hydroxyl groups is 1. The highest BCUT2D eigenvalue weighted by Crippen LogP contribution is 2.42. The number of benzene rings is 1. The lowest BCUT2D eigenvalue weighted by Crippen LogP contribution is -2.31. The van der Waals surface area contributed by atoms with E-state index in [-0.39, 0.29) is 10.7 Å². The summed E-state index contributed by atoms with van der Waals surface area (Å²) in [5.41, 5.74) is 2.07. The Morgan fingerprint density at radius 1 is 1.00 bits per heavy atom. The number of hydrogen-bond donors (Lipinski definition) is 1. The van der Waals surface area contributed by atoms with E-state index in [9.17, 15) is 5.11 Å². The maximum absolute atomic E-state index is 11.3. The lowest BCUT2D eigenvalue weighted by atomic mass is 9.82. The minimum atomic E-state index is -0.707. The van der Waals surface area contributed by atoms with Crippen LogP contribution in [-0.2, 0) is 12.8 Å². The molecule has 148 valence electrons. The first-order valence-corrected chi connectivity index (χ1v) is 11.9. The molecule has 0 saturated heterocycles. The van der Waals surface area contributed by atoms with Crippen LogP contribution in [0.3, 0.4) is 0 Å². The van der Waals surface area contributed by atoms with Gasteiger partial charge in [0.1, 0.15) is 0 Å². The Morgan fingerprint density at radius 2 is 1.67 bits per heavy atom. The predicted molar refractivity (Wildman–Crippen MR) is 119 cm³/mol. The molecule has 0 amide bonds. The van der Waals surface area contributed by atoms with E-state index in [4.69, 9.17) is 0 Å². The highest BCUT2D eigenvalue weighted by molar-refractivity contribution is 7.32. The SMILES string of the molecule is CCN(CC)[s+]1ccc(C2CCCCC2)c1CC(C)(O)Cc1ccccc1. The molecular weight excluding hydrogens is 350 g/mol. The molecule has 2 atom stereocenters. The molecule has 1 saturated carbocycles. The standard InChI is InChI=1S/C24H36NOS/c1-4-25(5-2)27-17-16-22(21-14-10-7-11-15-21)23(27)19-24(3,26)18-20-12-8-6-9-13-20/h6,8-9,12-13,16-17,21,26H,4-5,7,10-11,14-15,18-19H2,1-3H3/q+1. The minimum absolute atomic E-state index is 0.0333. The van der Waals surface area contributed by atoms with Crippen LogP contribution in [0.4, 0.5) is 0 Å². The maximum Gasteiger partial charge on any atom is 0.178 e. The van der Waals surface area contributed by atoms with Gasteiger partial charge in [0.25, 0.3) is 0 Å². The van der Waals surface area contributed by atoms with Gasteiger partial charge in [-0.15, -0.1) is 4.31 Å². The fraction of sp³-hybridized carbons (Fsp3) is 0.583. The highest BCUT2D eigenvalue weighted by Gasteiger charge is 2.35. The molecule has 0 spiro atoms. The topological polar surface area (TPSA) is 23.5 Å². The lowest BCUT2D eigenvalue weighted by molar-refractivity contribution is 0.0613. The third-order valence-corrected chi connectivity index (χ3v) is 8.30. The average molecular weight is 387 g/mol. The summed E-state index contributed by atoms with van der Waals surface area (Å²) in [5.74, 6) is 0.700. The third kappa shape index (κ3) is 5.22. The molecule has 27 heavy (non-hydrogen) atoms. The molecule has 3 rings (SSSR count). The van der Waals surface area contributed by atoms with Crippen LogP contribution in [0.1, 0.15) is 74.8 Å². The Balaban J connectivity index is 1.89. The zero-order valence-corrected chi connectivity index (χ0v) is 18.1. The van der Waals surface area contributed by atoms with Crippen molar-refractivity contribution in [2.24, 2.45) is 0 Å². The zero-order chi connectivity index (χ0) is 19.3. The predicted octanol–water partition coefficient (Wildman–Crippen LogP) is 6.00. The molecule has 1 fully saturated rings. The Morgan fingerprint density at radius 3 is 2.30 bits per heavy atom. The molecule has 1 heterocycles. The molecule has 0 aliphatic heterocycles. The van der Waals surface area contributed by atoms with Crippen molar-refractivity contribution in [2.45, 2.75) is 77.2 Å². The molecule has 0 bridgehead atoms. The van der Waals surface area contributed by atoms with Crippen molar-refractivity contribution in [2.75, 3.05) is 17.4 Å². The van der Waals surface area contributed by atoms with E-state index in [1.165, 1.54) is 42.5 Å². The highest BCUT2D eigenvalue weighted by atomic mass is 32.2. The van der Waals surface area contributed by atoms with E-state index in [0.717, 1.165) is 19.5 Å². The first-order valence-electron chi connectivity index (χ1n) is 10.7. The maximum atomic E-state index is 11.3. The summed E-state index contributed by atoms with van der Waals surface area (Å²) >= 11 is 0. The van der Waals surface area contributed by atoms with Crippen molar-refractivity contribution in [3.8, 4) is 0 Å². The molecule has 2 unspecified atom stereocenters. The van der Waals surface area contributed by atoms with Crippen LogP contribution in [0.5, 0.6) is 0 Å². The second-order valence-corrected chi connectivity index (χ2v) is 10.2. The Labute approximate surface area is 168 Å². The number of nitrogens with zero attached hydrogens (tertiary/aromatic N) is 1. The second-order valence-electron chi connectivity index (χ2n) is 8.28. The van der Waals surface area contributed by atoms with Gasteiger partial charge in [-0.1, -0.05) is 49.6 Å². The largest absolute Gasteiger partial charge is 0.389 e. The molecule has 1 N–H and O–H groups in total. The smallest absolute Gasteiger partial charge is 0.178 e. The summed E-state index contributed by atoms with van der Waals surface area (Å²) in [6.45, 7) is 8.65. The molecular formula is C24H36NOS+. The van der Waals surface area contributed by atoms with Crippen LogP contribution >= 0.6 is 10.7 Å². The average Bonchev–Trinajstić information content (AvgIpc) is 3.06. The lowest BCUT2D eigenvalue weighted by Gasteiger charge is -2.25. The van der Waals surface area contributed by atoms with Gasteiger partial charge >= 0.3 is 0 Å². The molecule has 2 nitrogen and oxygen atoms in total. The normalized spacial score (nSPS) is 18.6. The van der Waals surface area contributed by atoms with Crippen molar-refractivity contribution in [3.05, 3.63) is 57.8 Å². The van der Waals surface area contributed by atoms with E-state index in [1.54, 1.807) is 5.56 Å². The molecule has 1 aliphatic rings. The van der Waals surface area contributed by atoms with Crippen LogP contribution in [-0.4, -0.2) is 23.8 Å². The minimum Gasteiger partial charge on any atom is -0.389 e. The molecule has 0 radical (unpaired) electrons. The molecule has 2 aromatic rings. The Kier molecular flexibility index (Phi) is 7.13. The fourth-order valence-corrected chi connectivity index (χ4v) is 6.99. The van der Waals surface area contributed by atoms with Gasteiger partial charge in [-0.3, -0.25) is 0 Å². The van der Waals surface area contributed by atoms with E-state index in [2.05, 4.69) is 53.9 Å². The van der Waals surface area contributed by atoms with Crippen LogP contribution in [0.2, 0.25) is 0 Å². The summed E-state index contributed by atoms with van der Waals surface area (Å²) in [7, 11) is 0.0333. The van der Waals surface area contributed by atoms with Gasteiger partial charge in [-0.2, -0.15) is 0 Å². The number of hydrogen-bond acceptors (Lipinski definition) is 2. The van der Waals surface area contributed by atoms with Crippen molar-refractivity contribution in [3.63, 3.8) is 0 Å².